The van der Waals surface area contributed by atoms with E-state index in [1.54, 1.807) is 0 Å². The van der Waals surface area contributed by atoms with Crippen LogP contribution in [0.25, 0.3) is 0 Å². The fourth-order valence-electron chi connectivity index (χ4n) is 1.71. The second-order valence-corrected chi connectivity index (χ2v) is 4.23. The van der Waals surface area contributed by atoms with Crippen LogP contribution < -0.4 is 5.73 Å². The van der Waals surface area contributed by atoms with Gasteiger partial charge in [0.05, 0.1) is 6.20 Å². The first-order chi connectivity index (χ1) is 6.65. The molecule has 1 aromatic rings. The first-order valence-corrected chi connectivity index (χ1v) is 5.35. The summed E-state index contributed by atoms with van der Waals surface area (Å²) in [5, 5.41) is 4.30. The maximum Gasteiger partial charge on any atom is 0.0524 e. The first-order valence-electron chi connectivity index (χ1n) is 5.35. The van der Waals surface area contributed by atoms with Gasteiger partial charge in [0.15, 0.2) is 0 Å². The van der Waals surface area contributed by atoms with Crippen molar-refractivity contribution in [3.05, 3.63) is 17.5 Å². The van der Waals surface area contributed by atoms with Crippen molar-refractivity contribution in [1.29, 1.82) is 0 Å². The average molecular weight is 195 g/mol. The molecule has 0 spiro atoms. The number of hydrogen-bond donors (Lipinski definition) is 1. The Morgan fingerprint density at radius 2 is 2.21 bits per heavy atom. The van der Waals surface area contributed by atoms with Crippen LogP contribution in [0.2, 0.25) is 0 Å². The second kappa shape index (κ2) is 5.15. The lowest BCUT2D eigenvalue weighted by atomic mass is 10.0. The van der Waals surface area contributed by atoms with E-state index in [-0.39, 0.29) is 0 Å². The van der Waals surface area contributed by atoms with Gasteiger partial charge in [-0.15, -0.1) is 0 Å². The van der Waals surface area contributed by atoms with Gasteiger partial charge in [0, 0.05) is 12.7 Å². The van der Waals surface area contributed by atoms with Crippen molar-refractivity contribution in [3.8, 4) is 0 Å². The Labute approximate surface area is 86.3 Å². The maximum absolute atomic E-state index is 5.52. The quantitative estimate of drug-likeness (QED) is 0.774. The molecule has 1 aromatic heterocycles. The molecule has 0 bridgehead atoms. The lowest BCUT2D eigenvalue weighted by Crippen LogP contribution is -2.07. The molecule has 0 radical (unpaired) electrons. The second-order valence-electron chi connectivity index (χ2n) is 4.23. The lowest BCUT2D eigenvalue weighted by Gasteiger charge is -2.07. The van der Waals surface area contributed by atoms with Crippen molar-refractivity contribution in [2.75, 3.05) is 6.54 Å². The SMILES string of the molecule is CC(C)Cc1cnn(C)c1CCCN. The molecule has 0 saturated heterocycles. The van der Waals surface area contributed by atoms with Crippen LogP contribution in [0.15, 0.2) is 6.20 Å². The molecular formula is C11H21N3. The van der Waals surface area contributed by atoms with Gasteiger partial charge in [0.25, 0.3) is 0 Å². The van der Waals surface area contributed by atoms with Crippen LogP contribution >= 0.6 is 0 Å². The van der Waals surface area contributed by atoms with Crippen molar-refractivity contribution >= 4 is 0 Å². The van der Waals surface area contributed by atoms with E-state index in [2.05, 4.69) is 18.9 Å². The Morgan fingerprint density at radius 3 is 2.79 bits per heavy atom. The van der Waals surface area contributed by atoms with E-state index in [9.17, 15) is 0 Å². The molecule has 0 aromatic carbocycles. The van der Waals surface area contributed by atoms with Crippen molar-refractivity contribution in [1.82, 2.24) is 9.78 Å². The van der Waals surface area contributed by atoms with E-state index in [0.717, 1.165) is 25.8 Å². The molecule has 3 heteroatoms. The van der Waals surface area contributed by atoms with E-state index in [4.69, 9.17) is 5.73 Å². The summed E-state index contributed by atoms with van der Waals surface area (Å²) in [6, 6.07) is 0. The predicted octanol–water partition coefficient (Wildman–Crippen LogP) is 1.51. The van der Waals surface area contributed by atoms with Gasteiger partial charge in [-0.3, -0.25) is 4.68 Å². The van der Waals surface area contributed by atoms with Gasteiger partial charge >= 0.3 is 0 Å². The molecule has 0 fully saturated rings. The Kier molecular flexibility index (Phi) is 4.14. The van der Waals surface area contributed by atoms with Gasteiger partial charge in [-0.2, -0.15) is 5.10 Å². The monoisotopic (exact) mass is 195 g/mol. The van der Waals surface area contributed by atoms with Crippen LogP contribution in [0.5, 0.6) is 0 Å². The van der Waals surface area contributed by atoms with E-state index in [1.807, 2.05) is 17.9 Å². The average Bonchev–Trinajstić information content (AvgIpc) is 2.44. The first kappa shape index (κ1) is 11.2. The molecule has 0 aliphatic carbocycles. The van der Waals surface area contributed by atoms with Crippen LogP contribution in [0.3, 0.4) is 0 Å². The molecule has 0 aliphatic rings. The third-order valence-corrected chi connectivity index (χ3v) is 2.39. The highest BCUT2D eigenvalue weighted by Crippen LogP contribution is 2.14. The number of aryl methyl sites for hydroxylation is 1. The number of nitrogens with two attached hydrogens (primary N) is 1. The fraction of sp³-hybridized carbons (Fsp3) is 0.727. The van der Waals surface area contributed by atoms with Gasteiger partial charge in [0.1, 0.15) is 0 Å². The normalized spacial score (nSPS) is 11.2. The smallest absolute Gasteiger partial charge is 0.0524 e. The Morgan fingerprint density at radius 1 is 1.50 bits per heavy atom. The summed E-state index contributed by atoms with van der Waals surface area (Å²) < 4.78 is 1.98. The number of rotatable bonds is 5. The maximum atomic E-state index is 5.52. The molecule has 80 valence electrons. The van der Waals surface area contributed by atoms with E-state index < -0.39 is 0 Å². The molecule has 0 saturated carbocycles. The van der Waals surface area contributed by atoms with Crippen LogP contribution in [0, 0.1) is 5.92 Å². The van der Waals surface area contributed by atoms with Crippen molar-refractivity contribution in [3.63, 3.8) is 0 Å². The highest BCUT2D eigenvalue weighted by molar-refractivity contribution is 5.18. The highest BCUT2D eigenvalue weighted by atomic mass is 15.3. The molecule has 2 N–H and O–H groups in total. The zero-order valence-electron chi connectivity index (χ0n) is 9.45. The largest absolute Gasteiger partial charge is 0.330 e. The third-order valence-electron chi connectivity index (χ3n) is 2.39. The van der Waals surface area contributed by atoms with E-state index in [1.165, 1.54) is 11.3 Å². The fourth-order valence-corrected chi connectivity index (χ4v) is 1.71. The summed E-state index contributed by atoms with van der Waals surface area (Å²) in [5.74, 6) is 0.691. The van der Waals surface area contributed by atoms with Crippen molar-refractivity contribution < 1.29 is 0 Å². The molecule has 0 unspecified atom stereocenters. The molecular weight excluding hydrogens is 174 g/mol. The van der Waals surface area contributed by atoms with Crippen LogP contribution in [0.4, 0.5) is 0 Å². The minimum atomic E-state index is 0.691. The van der Waals surface area contributed by atoms with E-state index in [0.29, 0.717) is 5.92 Å². The summed E-state index contributed by atoms with van der Waals surface area (Å²) in [4.78, 5) is 0. The number of hydrogen-bond acceptors (Lipinski definition) is 2. The van der Waals surface area contributed by atoms with Gasteiger partial charge in [0.2, 0.25) is 0 Å². The Bertz CT molecular complexity index is 276. The predicted molar refractivity (Wildman–Crippen MR) is 59.1 cm³/mol. The molecule has 1 rings (SSSR count). The lowest BCUT2D eigenvalue weighted by molar-refractivity contribution is 0.630. The summed E-state index contributed by atoms with van der Waals surface area (Å²) in [6.45, 7) is 5.23. The number of aromatic nitrogens is 2. The van der Waals surface area contributed by atoms with Gasteiger partial charge in [-0.05, 0) is 37.3 Å². The molecule has 0 amide bonds. The van der Waals surface area contributed by atoms with Crippen molar-refractivity contribution in [2.45, 2.75) is 33.1 Å². The van der Waals surface area contributed by atoms with Gasteiger partial charge in [-0.25, -0.2) is 0 Å². The zero-order chi connectivity index (χ0) is 10.6. The van der Waals surface area contributed by atoms with Crippen LogP contribution in [-0.4, -0.2) is 16.3 Å². The summed E-state index contributed by atoms with van der Waals surface area (Å²) in [6.07, 6.45) is 5.21. The van der Waals surface area contributed by atoms with Gasteiger partial charge in [-0.1, -0.05) is 13.8 Å². The topological polar surface area (TPSA) is 43.8 Å². The zero-order valence-corrected chi connectivity index (χ0v) is 9.45. The van der Waals surface area contributed by atoms with Gasteiger partial charge < -0.3 is 5.73 Å². The molecule has 14 heavy (non-hydrogen) atoms. The highest BCUT2D eigenvalue weighted by Gasteiger charge is 2.09. The van der Waals surface area contributed by atoms with Crippen molar-refractivity contribution in [2.24, 2.45) is 18.7 Å². The van der Waals surface area contributed by atoms with Crippen LogP contribution in [-0.2, 0) is 19.9 Å². The molecule has 1 heterocycles. The van der Waals surface area contributed by atoms with Crippen LogP contribution in [0.1, 0.15) is 31.5 Å². The molecule has 0 aliphatic heterocycles. The summed E-state index contributed by atoms with van der Waals surface area (Å²) >= 11 is 0. The Hall–Kier alpha value is -0.830. The van der Waals surface area contributed by atoms with E-state index >= 15 is 0 Å². The minimum Gasteiger partial charge on any atom is -0.330 e. The molecule has 0 atom stereocenters. The summed E-state index contributed by atoms with van der Waals surface area (Å²) in [5.41, 5.74) is 8.25. The summed E-state index contributed by atoms with van der Waals surface area (Å²) in [7, 11) is 2.01. The Balaban J connectivity index is 2.72. The standard InChI is InChI=1S/C11H21N3/c1-9(2)7-10-8-13-14(3)11(10)5-4-6-12/h8-9H,4-7,12H2,1-3H3. The molecule has 3 nitrogen and oxygen atoms in total. The minimum absolute atomic E-state index is 0.691. The third kappa shape index (κ3) is 2.84. The number of nitrogens with zero attached hydrogens (tertiary/aromatic N) is 2.